The van der Waals surface area contributed by atoms with Crippen molar-refractivity contribution >= 4 is 17.4 Å². The molecule has 5 heteroatoms. The summed E-state index contributed by atoms with van der Waals surface area (Å²) in [5, 5.41) is 0. The molecule has 0 unspecified atom stereocenters. The summed E-state index contributed by atoms with van der Waals surface area (Å²) >= 11 is 0. The van der Waals surface area contributed by atoms with Gasteiger partial charge in [-0.15, -0.1) is 0 Å². The average molecular weight is 271 g/mol. The average Bonchev–Trinajstić information content (AvgIpc) is 2.48. The molecule has 0 radical (unpaired) electrons. The number of amides is 1. The molecule has 1 aromatic rings. The minimum Gasteiger partial charge on any atom is -0.493 e. The number of ketones is 1. The van der Waals surface area contributed by atoms with E-state index in [-0.39, 0.29) is 5.78 Å². The highest BCUT2D eigenvalue weighted by molar-refractivity contribution is 6.20. The quantitative estimate of drug-likeness (QED) is 0.788. The van der Waals surface area contributed by atoms with Crippen LogP contribution < -0.4 is 9.47 Å². The summed E-state index contributed by atoms with van der Waals surface area (Å²) in [5.41, 5.74) is 0.818. The van der Waals surface area contributed by atoms with Crippen molar-refractivity contribution in [2.45, 2.75) is 0 Å². The zero-order chi connectivity index (χ0) is 14.5. The molecule has 0 N–H and O–H groups in total. The van der Waals surface area contributed by atoms with Gasteiger partial charge in [-0.25, -0.2) is 4.99 Å². The first-order valence-electron chi connectivity index (χ1n) is 5.89. The molecule has 0 aliphatic heterocycles. The third kappa shape index (κ3) is 3.00. The zero-order valence-electron chi connectivity index (χ0n) is 11.1. The Labute approximate surface area is 116 Å². The predicted molar refractivity (Wildman–Crippen MR) is 74.6 cm³/mol. The first-order chi connectivity index (χ1) is 9.63. The van der Waals surface area contributed by atoms with Crippen molar-refractivity contribution in [2.24, 2.45) is 4.99 Å². The molecule has 1 aliphatic carbocycles. The molecule has 5 nitrogen and oxygen atoms in total. The fourth-order valence-corrected chi connectivity index (χ4v) is 1.67. The van der Waals surface area contributed by atoms with Crippen LogP contribution in [0.5, 0.6) is 11.5 Å². The minimum absolute atomic E-state index is 0.123. The van der Waals surface area contributed by atoms with Gasteiger partial charge in [-0.1, -0.05) is 0 Å². The first kappa shape index (κ1) is 13.7. The van der Waals surface area contributed by atoms with Crippen LogP contribution in [0.3, 0.4) is 0 Å². The van der Waals surface area contributed by atoms with Crippen molar-refractivity contribution < 1.29 is 19.1 Å². The van der Waals surface area contributed by atoms with Gasteiger partial charge in [0.1, 0.15) is 0 Å². The van der Waals surface area contributed by atoms with Gasteiger partial charge in [-0.2, -0.15) is 0 Å². The summed E-state index contributed by atoms with van der Waals surface area (Å²) < 4.78 is 10.2. The van der Waals surface area contributed by atoms with Crippen LogP contribution in [0.4, 0.5) is 0 Å². The van der Waals surface area contributed by atoms with E-state index in [2.05, 4.69) is 4.99 Å². The summed E-state index contributed by atoms with van der Waals surface area (Å²) in [5.74, 6) is 0.468. The molecule has 0 saturated carbocycles. The van der Waals surface area contributed by atoms with Crippen molar-refractivity contribution in [2.75, 3.05) is 14.2 Å². The van der Waals surface area contributed by atoms with Crippen LogP contribution in [0, 0.1) is 0 Å². The highest BCUT2D eigenvalue weighted by Crippen LogP contribution is 2.27. The monoisotopic (exact) mass is 271 g/mol. The van der Waals surface area contributed by atoms with E-state index < -0.39 is 5.91 Å². The molecule has 2 rings (SSSR count). The molecule has 0 spiro atoms. The smallest absolute Gasteiger partial charge is 0.277 e. The maximum atomic E-state index is 12.0. The Hall–Kier alpha value is -2.69. The van der Waals surface area contributed by atoms with Crippen LogP contribution in [0.25, 0.3) is 0 Å². The van der Waals surface area contributed by atoms with E-state index in [1.165, 1.54) is 38.5 Å². The molecule has 0 aromatic heterocycles. The number of aliphatic imine (C=N–C) groups is 1. The molecule has 0 heterocycles. The topological polar surface area (TPSA) is 65.0 Å². The van der Waals surface area contributed by atoms with Gasteiger partial charge in [0.25, 0.3) is 5.91 Å². The number of hydrogen-bond donors (Lipinski definition) is 0. The number of rotatable bonds is 3. The Balaban J connectivity index is 2.26. The third-order valence-electron chi connectivity index (χ3n) is 2.70. The van der Waals surface area contributed by atoms with Gasteiger partial charge in [0.15, 0.2) is 17.3 Å². The SMILES string of the molecule is COc1ccc(C(=O)N=C2C=CC(=O)C=C2)cc1OC. The number of nitrogens with zero attached hydrogens (tertiary/aromatic N) is 1. The maximum Gasteiger partial charge on any atom is 0.277 e. The standard InChI is InChI=1S/C15H13NO4/c1-19-13-8-3-10(9-14(13)20-2)15(18)16-11-4-6-12(17)7-5-11/h3-9H,1-2H3. The zero-order valence-corrected chi connectivity index (χ0v) is 11.1. The van der Waals surface area contributed by atoms with Crippen molar-refractivity contribution in [3.63, 3.8) is 0 Å². The third-order valence-corrected chi connectivity index (χ3v) is 2.70. The largest absolute Gasteiger partial charge is 0.493 e. The molecule has 1 aliphatic rings. The Morgan fingerprint density at radius 3 is 2.25 bits per heavy atom. The van der Waals surface area contributed by atoms with E-state index in [0.29, 0.717) is 22.8 Å². The second kappa shape index (κ2) is 5.97. The van der Waals surface area contributed by atoms with Crippen LogP contribution in [0.15, 0.2) is 47.5 Å². The lowest BCUT2D eigenvalue weighted by molar-refractivity contribution is -0.110. The number of benzene rings is 1. The van der Waals surface area contributed by atoms with Crippen LogP contribution in [0.1, 0.15) is 10.4 Å². The van der Waals surface area contributed by atoms with E-state index in [1.807, 2.05) is 0 Å². The highest BCUT2D eigenvalue weighted by Gasteiger charge is 2.11. The van der Waals surface area contributed by atoms with Gasteiger partial charge in [0, 0.05) is 5.56 Å². The molecular weight excluding hydrogens is 258 g/mol. The molecule has 20 heavy (non-hydrogen) atoms. The van der Waals surface area contributed by atoms with Crippen molar-refractivity contribution in [1.82, 2.24) is 0 Å². The lowest BCUT2D eigenvalue weighted by atomic mass is 10.1. The molecule has 0 fully saturated rings. The fraction of sp³-hybridized carbons (Fsp3) is 0.133. The Morgan fingerprint density at radius 2 is 1.65 bits per heavy atom. The van der Waals surface area contributed by atoms with Gasteiger partial charge in [-0.3, -0.25) is 9.59 Å². The van der Waals surface area contributed by atoms with E-state index >= 15 is 0 Å². The summed E-state index contributed by atoms with van der Waals surface area (Å²) in [6.45, 7) is 0. The molecular formula is C15H13NO4. The molecule has 102 valence electrons. The summed E-state index contributed by atoms with van der Waals surface area (Å²) in [4.78, 5) is 26.9. The van der Waals surface area contributed by atoms with Crippen molar-refractivity contribution in [3.05, 3.63) is 48.1 Å². The van der Waals surface area contributed by atoms with E-state index in [0.717, 1.165) is 0 Å². The van der Waals surface area contributed by atoms with Crippen LogP contribution in [-0.2, 0) is 4.79 Å². The number of hydrogen-bond acceptors (Lipinski definition) is 4. The Bertz CT molecular complexity index is 623. The number of allylic oxidation sites excluding steroid dienone is 4. The van der Waals surface area contributed by atoms with Crippen molar-refractivity contribution in [3.8, 4) is 11.5 Å². The number of carbonyl (C=O) groups is 2. The van der Waals surface area contributed by atoms with E-state index in [9.17, 15) is 9.59 Å². The van der Waals surface area contributed by atoms with Crippen LogP contribution in [-0.4, -0.2) is 31.6 Å². The summed E-state index contributed by atoms with van der Waals surface area (Å²) in [6.07, 6.45) is 5.73. The van der Waals surface area contributed by atoms with Gasteiger partial charge >= 0.3 is 0 Å². The molecule has 1 aromatic carbocycles. The molecule has 1 amide bonds. The summed E-state index contributed by atoms with van der Waals surface area (Å²) in [7, 11) is 3.02. The second-order valence-electron chi connectivity index (χ2n) is 3.98. The lowest BCUT2D eigenvalue weighted by Gasteiger charge is -2.08. The van der Waals surface area contributed by atoms with Gasteiger partial charge in [-0.05, 0) is 42.5 Å². The van der Waals surface area contributed by atoms with Gasteiger partial charge in [0.05, 0.1) is 19.9 Å². The lowest BCUT2D eigenvalue weighted by Crippen LogP contribution is -2.04. The maximum absolute atomic E-state index is 12.0. The van der Waals surface area contributed by atoms with E-state index in [4.69, 9.17) is 9.47 Å². The molecule has 0 bridgehead atoms. The molecule has 0 saturated heterocycles. The Kier molecular flexibility index (Phi) is 4.10. The minimum atomic E-state index is -0.412. The Morgan fingerprint density at radius 1 is 1.00 bits per heavy atom. The number of ether oxygens (including phenoxy) is 2. The number of methoxy groups -OCH3 is 2. The highest BCUT2D eigenvalue weighted by atomic mass is 16.5. The van der Waals surface area contributed by atoms with E-state index in [1.54, 1.807) is 18.2 Å². The van der Waals surface area contributed by atoms with Crippen LogP contribution in [0.2, 0.25) is 0 Å². The van der Waals surface area contributed by atoms with Crippen molar-refractivity contribution in [1.29, 1.82) is 0 Å². The number of carbonyl (C=O) groups excluding carboxylic acids is 2. The van der Waals surface area contributed by atoms with Crippen LogP contribution >= 0.6 is 0 Å². The fourth-order valence-electron chi connectivity index (χ4n) is 1.67. The molecule has 0 atom stereocenters. The summed E-state index contributed by atoms with van der Waals surface area (Å²) in [6, 6.07) is 4.81. The predicted octanol–water partition coefficient (Wildman–Crippen LogP) is 1.98. The first-order valence-corrected chi connectivity index (χ1v) is 5.89. The normalized spacial score (nSPS) is 13.3. The van der Waals surface area contributed by atoms with Gasteiger partial charge < -0.3 is 9.47 Å². The van der Waals surface area contributed by atoms with Gasteiger partial charge in [0.2, 0.25) is 0 Å². The second-order valence-corrected chi connectivity index (χ2v) is 3.98.